The standard InChI is InChI=1S/C10H21NO2/c1-8(12)7-11(5)9(13)6-10(2,3)4/h8,12H,6-7H2,1-5H3. The summed E-state index contributed by atoms with van der Waals surface area (Å²) in [6, 6.07) is 0. The van der Waals surface area contributed by atoms with E-state index >= 15 is 0 Å². The third kappa shape index (κ3) is 6.58. The average molecular weight is 187 g/mol. The van der Waals surface area contributed by atoms with Crippen molar-refractivity contribution in [1.82, 2.24) is 4.90 Å². The molecule has 0 radical (unpaired) electrons. The van der Waals surface area contributed by atoms with Gasteiger partial charge in [-0.15, -0.1) is 0 Å². The molecule has 0 spiro atoms. The number of carbonyl (C=O) groups is 1. The zero-order valence-electron chi connectivity index (χ0n) is 9.29. The highest BCUT2D eigenvalue weighted by atomic mass is 16.3. The normalized spacial score (nSPS) is 14.0. The monoisotopic (exact) mass is 187 g/mol. The summed E-state index contributed by atoms with van der Waals surface area (Å²) in [6.45, 7) is 8.18. The third-order valence-electron chi connectivity index (χ3n) is 1.65. The molecule has 0 aliphatic heterocycles. The molecule has 3 nitrogen and oxygen atoms in total. The Morgan fingerprint density at radius 2 is 1.92 bits per heavy atom. The van der Waals surface area contributed by atoms with Gasteiger partial charge in [0.05, 0.1) is 6.10 Å². The molecule has 0 heterocycles. The lowest BCUT2D eigenvalue weighted by molar-refractivity contribution is -0.132. The highest BCUT2D eigenvalue weighted by Crippen LogP contribution is 2.19. The van der Waals surface area contributed by atoms with E-state index in [0.717, 1.165) is 0 Å². The molecule has 0 aromatic carbocycles. The van der Waals surface area contributed by atoms with Crippen LogP contribution in [0.2, 0.25) is 0 Å². The van der Waals surface area contributed by atoms with Crippen molar-refractivity contribution < 1.29 is 9.90 Å². The third-order valence-corrected chi connectivity index (χ3v) is 1.65. The summed E-state index contributed by atoms with van der Waals surface area (Å²) in [6.07, 6.45) is 0.0740. The molecule has 0 saturated carbocycles. The maximum absolute atomic E-state index is 11.5. The summed E-state index contributed by atoms with van der Waals surface area (Å²) >= 11 is 0. The molecule has 0 aliphatic rings. The minimum atomic E-state index is -0.450. The van der Waals surface area contributed by atoms with E-state index in [1.165, 1.54) is 0 Å². The summed E-state index contributed by atoms with van der Waals surface area (Å²) in [7, 11) is 1.72. The predicted octanol–water partition coefficient (Wildman–Crippen LogP) is 1.26. The Balaban J connectivity index is 3.97. The van der Waals surface area contributed by atoms with Crippen molar-refractivity contribution in [2.75, 3.05) is 13.6 Å². The second kappa shape index (κ2) is 4.61. The van der Waals surface area contributed by atoms with Gasteiger partial charge in [0.15, 0.2) is 0 Å². The van der Waals surface area contributed by atoms with Crippen LogP contribution < -0.4 is 0 Å². The Bertz CT molecular complexity index is 170. The highest BCUT2D eigenvalue weighted by Gasteiger charge is 2.19. The summed E-state index contributed by atoms with van der Waals surface area (Å²) in [5.74, 6) is 0.0911. The molecule has 0 rings (SSSR count). The van der Waals surface area contributed by atoms with Crippen LogP contribution in [0.1, 0.15) is 34.1 Å². The number of hydrogen-bond acceptors (Lipinski definition) is 2. The minimum Gasteiger partial charge on any atom is -0.392 e. The molecule has 13 heavy (non-hydrogen) atoms. The van der Waals surface area contributed by atoms with Crippen LogP contribution in [-0.2, 0) is 4.79 Å². The molecule has 1 amide bonds. The smallest absolute Gasteiger partial charge is 0.222 e. The number of likely N-dealkylation sites (N-methyl/N-ethyl adjacent to an activating group) is 1. The van der Waals surface area contributed by atoms with Gasteiger partial charge in [-0.3, -0.25) is 4.79 Å². The van der Waals surface area contributed by atoms with E-state index in [1.807, 2.05) is 20.8 Å². The fourth-order valence-corrected chi connectivity index (χ4v) is 1.09. The fourth-order valence-electron chi connectivity index (χ4n) is 1.09. The summed E-state index contributed by atoms with van der Waals surface area (Å²) in [5, 5.41) is 9.08. The van der Waals surface area contributed by atoms with Gasteiger partial charge in [0, 0.05) is 20.0 Å². The predicted molar refractivity (Wildman–Crippen MR) is 53.4 cm³/mol. The maximum atomic E-state index is 11.5. The topological polar surface area (TPSA) is 40.5 Å². The molecule has 0 aliphatic carbocycles. The Kier molecular flexibility index (Phi) is 4.40. The zero-order chi connectivity index (χ0) is 10.6. The molecule has 0 aromatic rings. The van der Waals surface area contributed by atoms with Crippen LogP contribution in [0.5, 0.6) is 0 Å². The van der Waals surface area contributed by atoms with Gasteiger partial charge in [-0.25, -0.2) is 0 Å². The van der Waals surface area contributed by atoms with Gasteiger partial charge in [0.25, 0.3) is 0 Å². The van der Waals surface area contributed by atoms with Crippen LogP contribution in [0.25, 0.3) is 0 Å². The summed E-state index contributed by atoms with van der Waals surface area (Å²) in [4.78, 5) is 13.1. The van der Waals surface area contributed by atoms with Gasteiger partial charge in [0.1, 0.15) is 0 Å². The molecule has 1 unspecified atom stereocenters. The van der Waals surface area contributed by atoms with Gasteiger partial charge in [-0.05, 0) is 12.3 Å². The van der Waals surface area contributed by atoms with E-state index in [4.69, 9.17) is 5.11 Å². The molecule has 78 valence electrons. The molecule has 0 fully saturated rings. The SMILES string of the molecule is CC(O)CN(C)C(=O)CC(C)(C)C. The Hall–Kier alpha value is -0.570. The first kappa shape index (κ1) is 12.4. The van der Waals surface area contributed by atoms with Crippen LogP contribution in [0.15, 0.2) is 0 Å². The van der Waals surface area contributed by atoms with Crippen molar-refractivity contribution in [3.8, 4) is 0 Å². The van der Waals surface area contributed by atoms with Crippen LogP contribution in [0.4, 0.5) is 0 Å². The van der Waals surface area contributed by atoms with Crippen molar-refractivity contribution in [1.29, 1.82) is 0 Å². The molecular weight excluding hydrogens is 166 g/mol. The van der Waals surface area contributed by atoms with Crippen LogP contribution in [0.3, 0.4) is 0 Å². The molecule has 0 saturated heterocycles. The Morgan fingerprint density at radius 3 is 2.23 bits per heavy atom. The quantitative estimate of drug-likeness (QED) is 0.722. The van der Waals surface area contributed by atoms with Crippen molar-refractivity contribution in [2.45, 2.75) is 40.2 Å². The average Bonchev–Trinajstić information content (AvgIpc) is 1.81. The zero-order valence-corrected chi connectivity index (χ0v) is 9.29. The number of nitrogens with zero attached hydrogens (tertiary/aromatic N) is 1. The maximum Gasteiger partial charge on any atom is 0.222 e. The largest absolute Gasteiger partial charge is 0.392 e. The van der Waals surface area contributed by atoms with Crippen molar-refractivity contribution in [3.63, 3.8) is 0 Å². The lowest BCUT2D eigenvalue weighted by Crippen LogP contribution is -2.35. The molecule has 1 N–H and O–H groups in total. The van der Waals surface area contributed by atoms with Crippen LogP contribution in [-0.4, -0.2) is 35.6 Å². The lowest BCUT2D eigenvalue weighted by atomic mass is 9.91. The Morgan fingerprint density at radius 1 is 1.46 bits per heavy atom. The van der Waals surface area contributed by atoms with Crippen molar-refractivity contribution >= 4 is 5.91 Å². The molecular formula is C10H21NO2. The van der Waals surface area contributed by atoms with Crippen LogP contribution in [0, 0.1) is 5.41 Å². The first-order chi connectivity index (χ1) is 5.72. The Labute approximate surface area is 80.7 Å². The van der Waals surface area contributed by atoms with Gasteiger partial charge in [-0.1, -0.05) is 20.8 Å². The fraction of sp³-hybridized carbons (Fsp3) is 0.900. The molecule has 3 heteroatoms. The van der Waals surface area contributed by atoms with E-state index in [9.17, 15) is 4.79 Å². The van der Waals surface area contributed by atoms with E-state index in [0.29, 0.717) is 13.0 Å². The molecule has 0 bridgehead atoms. The van der Waals surface area contributed by atoms with E-state index in [2.05, 4.69) is 0 Å². The minimum absolute atomic E-state index is 0.0179. The van der Waals surface area contributed by atoms with Gasteiger partial charge in [0.2, 0.25) is 5.91 Å². The number of hydrogen-bond donors (Lipinski definition) is 1. The van der Waals surface area contributed by atoms with Gasteiger partial charge >= 0.3 is 0 Å². The summed E-state index contributed by atoms with van der Waals surface area (Å²) < 4.78 is 0. The van der Waals surface area contributed by atoms with Crippen molar-refractivity contribution in [2.24, 2.45) is 5.41 Å². The highest BCUT2D eigenvalue weighted by molar-refractivity contribution is 5.76. The van der Waals surface area contributed by atoms with E-state index in [-0.39, 0.29) is 11.3 Å². The second-order valence-corrected chi connectivity index (χ2v) is 4.86. The van der Waals surface area contributed by atoms with E-state index < -0.39 is 6.10 Å². The number of aliphatic hydroxyl groups excluding tert-OH is 1. The molecule has 0 aromatic heterocycles. The number of carbonyl (C=O) groups excluding carboxylic acids is 1. The number of aliphatic hydroxyl groups is 1. The van der Waals surface area contributed by atoms with Gasteiger partial charge in [-0.2, -0.15) is 0 Å². The van der Waals surface area contributed by atoms with Crippen LogP contribution >= 0.6 is 0 Å². The summed E-state index contributed by atoms with van der Waals surface area (Å²) in [5.41, 5.74) is 0.0179. The van der Waals surface area contributed by atoms with E-state index in [1.54, 1.807) is 18.9 Å². The second-order valence-electron chi connectivity index (χ2n) is 4.86. The first-order valence-corrected chi connectivity index (χ1v) is 4.64. The number of amides is 1. The number of rotatable bonds is 3. The first-order valence-electron chi connectivity index (χ1n) is 4.64. The lowest BCUT2D eigenvalue weighted by Gasteiger charge is -2.24. The van der Waals surface area contributed by atoms with Gasteiger partial charge < -0.3 is 10.0 Å². The van der Waals surface area contributed by atoms with Crippen molar-refractivity contribution in [3.05, 3.63) is 0 Å². The molecule has 1 atom stereocenters.